The van der Waals surface area contributed by atoms with Crippen LogP contribution in [0.4, 0.5) is 5.00 Å². The lowest BCUT2D eigenvalue weighted by molar-refractivity contribution is 0.102. The highest BCUT2D eigenvalue weighted by atomic mass is 35.5. The second-order valence-corrected chi connectivity index (χ2v) is 6.49. The third kappa shape index (κ3) is 2.56. The maximum absolute atomic E-state index is 12.3. The monoisotopic (exact) mass is 332 g/mol. The molecule has 0 bridgehead atoms. The van der Waals surface area contributed by atoms with Crippen molar-refractivity contribution in [2.75, 3.05) is 12.4 Å². The van der Waals surface area contributed by atoms with E-state index in [1.165, 1.54) is 23.3 Å². The Kier molecular flexibility index (Phi) is 4.06. The molecule has 1 aromatic carbocycles. The number of nitrogens with zero attached hydrogens (tertiary/aromatic N) is 1. The number of hydrogen-bond donors (Lipinski definition) is 1. The Morgan fingerprint density at radius 3 is 2.95 bits per heavy atom. The summed E-state index contributed by atoms with van der Waals surface area (Å²) in [5.41, 5.74) is 2.13. The number of nitrogens with one attached hydrogen (secondary N) is 1. The summed E-state index contributed by atoms with van der Waals surface area (Å²) < 4.78 is 5.07. The van der Waals surface area contributed by atoms with E-state index in [2.05, 4.69) is 11.4 Å². The average Bonchev–Trinajstić information content (AvgIpc) is 3.07. The number of benzene rings is 1. The molecule has 0 aliphatic heterocycles. The Balaban J connectivity index is 1.86. The maximum Gasteiger partial charge on any atom is 0.256 e. The first-order valence-corrected chi connectivity index (χ1v) is 8.03. The van der Waals surface area contributed by atoms with Crippen LogP contribution in [0.1, 0.15) is 32.8 Å². The van der Waals surface area contributed by atoms with Gasteiger partial charge in [0.2, 0.25) is 0 Å². The molecule has 1 N–H and O–H groups in total. The fraction of sp³-hybridized carbons (Fsp3) is 0.250. The van der Waals surface area contributed by atoms with Gasteiger partial charge in [0.05, 0.1) is 17.7 Å². The molecule has 1 heterocycles. The van der Waals surface area contributed by atoms with Gasteiger partial charge in [0, 0.05) is 10.4 Å². The van der Waals surface area contributed by atoms with Gasteiger partial charge in [-0.3, -0.25) is 4.79 Å². The molecule has 1 amide bonds. The first kappa shape index (κ1) is 14.9. The van der Waals surface area contributed by atoms with Crippen molar-refractivity contribution in [2.24, 2.45) is 0 Å². The van der Waals surface area contributed by atoms with E-state index in [1.54, 1.807) is 18.2 Å². The van der Waals surface area contributed by atoms with Crippen molar-refractivity contribution in [3.8, 4) is 11.8 Å². The number of methoxy groups -OCH3 is 1. The Bertz CT molecular complexity index is 792. The molecule has 3 rings (SSSR count). The first-order chi connectivity index (χ1) is 10.6. The van der Waals surface area contributed by atoms with E-state index in [0.29, 0.717) is 26.9 Å². The summed E-state index contributed by atoms with van der Waals surface area (Å²) in [4.78, 5) is 13.6. The molecular weight excluding hydrogens is 320 g/mol. The molecule has 1 aromatic heterocycles. The Labute approximate surface area is 137 Å². The fourth-order valence-electron chi connectivity index (χ4n) is 2.59. The lowest BCUT2D eigenvalue weighted by atomic mass is 10.1. The van der Waals surface area contributed by atoms with Gasteiger partial charge in [-0.1, -0.05) is 11.6 Å². The molecule has 22 heavy (non-hydrogen) atoms. The number of thiophene rings is 1. The van der Waals surface area contributed by atoms with E-state index in [-0.39, 0.29) is 5.91 Å². The molecule has 0 saturated heterocycles. The number of nitriles is 1. The summed E-state index contributed by atoms with van der Waals surface area (Å²) in [6.07, 6.45) is 2.98. The SMILES string of the molecule is COc1ccc(C(=O)Nc2sc3c(c2C#N)CCC3)cc1Cl. The molecule has 1 aliphatic rings. The van der Waals surface area contributed by atoms with Crippen LogP contribution in [0.5, 0.6) is 5.75 Å². The number of hydrogen-bond acceptors (Lipinski definition) is 4. The zero-order valence-electron chi connectivity index (χ0n) is 11.9. The van der Waals surface area contributed by atoms with Gasteiger partial charge >= 0.3 is 0 Å². The predicted octanol–water partition coefficient (Wildman–Crippen LogP) is 4.02. The second kappa shape index (κ2) is 5.99. The third-order valence-corrected chi connectivity index (χ3v) is 5.18. The van der Waals surface area contributed by atoms with Gasteiger partial charge in [-0.15, -0.1) is 11.3 Å². The number of carbonyl (C=O) groups is 1. The minimum atomic E-state index is -0.277. The van der Waals surface area contributed by atoms with Crippen molar-refractivity contribution < 1.29 is 9.53 Å². The number of halogens is 1. The maximum atomic E-state index is 12.3. The van der Waals surface area contributed by atoms with E-state index in [0.717, 1.165) is 24.8 Å². The van der Waals surface area contributed by atoms with Crippen LogP contribution in [0.25, 0.3) is 0 Å². The lowest BCUT2D eigenvalue weighted by Gasteiger charge is -2.07. The normalized spacial score (nSPS) is 12.6. The molecule has 6 heteroatoms. The summed E-state index contributed by atoms with van der Waals surface area (Å²) in [6.45, 7) is 0. The van der Waals surface area contributed by atoms with Crippen LogP contribution >= 0.6 is 22.9 Å². The quantitative estimate of drug-likeness (QED) is 0.923. The van der Waals surface area contributed by atoms with Crippen molar-refractivity contribution in [1.82, 2.24) is 0 Å². The molecule has 0 radical (unpaired) electrons. The van der Waals surface area contributed by atoms with Crippen LogP contribution < -0.4 is 10.1 Å². The molecule has 1 aliphatic carbocycles. The number of fused-ring (bicyclic) bond motifs is 1. The van der Waals surface area contributed by atoms with Crippen molar-refractivity contribution in [1.29, 1.82) is 5.26 Å². The lowest BCUT2D eigenvalue weighted by Crippen LogP contribution is -2.12. The minimum absolute atomic E-state index is 0.277. The van der Waals surface area contributed by atoms with Crippen molar-refractivity contribution in [2.45, 2.75) is 19.3 Å². The Morgan fingerprint density at radius 2 is 2.27 bits per heavy atom. The van der Waals surface area contributed by atoms with Crippen molar-refractivity contribution >= 4 is 33.8 Å². The van der Waals surface area contributed by atoms with Crippen LogP contribution in [-0.2, 0) is 12.8 Å². The molecule has 0 saturated carbocycles. The minimum Gasteiger partial charge on any atom is -0.495 e. The fourth-order valence-corrected chi connectivity index (χ4v) is 4.09. The predicted molar refractivity (Wildman–Crippen MR) is 87.0 cm³/mol. The zero-order valence-corrected chi connectivity index (χ0v) is 13.5. The standard InChI is InChI=1S/C16H13ClN2O2S/c1-21-13-6-5-9(7-12(13)17)15(20)19-16-11(8-18)10-3-2-4-14(10)22-16/h5-7H,2-4H2,1H3,(H,19,20). The van der Waals surface area contributed by atoms with Crippen molar-refractivity contribution in [3.05, 3.63) is 44.8 Å². The second-order valence-electron chi connectivity index (χ2n) is 4.98. The Hall–Kier alpha value is -2.03. The van der Waals surface area contributed by atoms with Crippen molar-refractivity contribution in [3.63, 3.8) is 0 Å². The van der Waals surface area contributed by atoms with E-state index in [1.807, 2.05) is 0 Å². The van der Waals surface area contributed by atoms with Gasteiger partial charge in [0.1, 0.15) is 16.8 Å². The topological polar surface area (TPSA) is 62.1 Å². The van der Waals surface area contributed by atoms with Crippen LogP contribution in [0, 0.1) is 11.3 Å². The van der Waals surface area contributed by atoms with Gasteiger partial charge in [0.25, 0.3) is 5.91 Å². The van der Waals surface area contributed by atoms with Crippen LogP contribution in [-0.4, -0.2) is 13.0 Å². The summed E-state index contributed by atoms with van der Waals surface area (Å²) in [6, 6.07) is 7.07. The highest BCUT2D eigenvalue weighted by Gasteiger charge is 2.23. The molecule has 0 unspecified atom stereocenters. The number of amides is 1. The zero-order chi connectivity index (χ0) is 15.7. The summed E-state index contributed by atoms with van der Waals surface area (Å²) >= 11 is 7.54. The smallest absolute Gasteiger partial charge is 0.256 e. The van der Waals surface area contributed by atoms with E-state index >= 15 is 0 Å². The van der Waals surface area contributed by atoms with E-state index in [4.69, 9.17) is 16.3 Å². The third-order valence-electron chi connectivity index (χ3n) is 3.67. The average molecular weight is 333 g/mol. The number of aryl methyl sites for hydroxylation is 1. The number of rotatable bonds is 3. The highest BCUT2D eigenvalue weighted by molar-refractivity contribution is 7.16. The van der Waals surface area contributed by atoms with Crippen LogP contribution in [0.2, 0.25) is 5.02 Å². The van der Waals surface area contributed by atoms with Gasteiger partial charge < -0.3 is 10.1 Å². The molecule has 0 fully saturated rings. The summed E-state index contributed by atoms with van der Waals surface area (Å²) in [5, 5.41) is 13.2. The molecule has 4 nitrogen and oxygen atoms in total. The van der Waals surface area contributed by atoms with Gasteiger partial charge in [-0.05, 0) is 43.0 Å². The van der Waals surface area contributed by atoms with Crippen LogP contribution in [0.15, 0.2) is 18.2 Å². The molecule has 0 atom stereocenters. The number of carbonyl (C=O) groups excluding carboxylic acids is 1. The first-order valence-electron chi connectivity index (χ1n) is 6.83. The largest absolute Gasteiger partial charge is 0.495 e. The van der Waals surface area contributed by atoms with E-state index < -0.39 is 0 Å². The molecule has 112 valence electrons. The molecular formula is C16H13ClN2O2S. The molecule has 0 spiro atoms. The Morgan fingerprint density at radius 1 is 1.45 bits per heavy atom. The summed E-state index contributed by atoms with van der Waals surface area (Å²) in [7, 11) is 1.52. The number of anilines is 1. The van der Waals surface area contributed by atoms with E-state index in [9.17, 15) is 10.1 Å². The van der Waals surface area contributed by atoms with Crippen LogP contribution in [0.3, 0.4) is 0 Å². The number of ether oxygens (including phenoxy) is 1. The summed E-state index contributed by atoms with van der Waals surface area (Å²) in [5.74, 6) is 0.243. The van der Waals surface area contributed by atoms with Gasteiger partial charge in [0.15, 0.2) is 0 Å². The van der Waals surface area contributed by atoms with Gasteiger partial charge in [-0.2, -0.15) is 5.26 Å². The van der Waals surface area contributed by atoms with Gasteiger partial charge in [-0.25, -0.2) is 0 Å². The molecule has 2 aromatic rings. The highest BCUT2D eigenvalue weighted by Crippen LogP contribution is 2.38.